The van der Waals surface area contributed by atoms with Gasteiger partial charge >= 0.3 is 0 Å². The molecule has 1 aliphatic rings. The number of likely N-dealkylation sites (tertiary alicyclic amines) is 1. The standard InChI is InChI=1S/C12H20N2/c1-3-4-5-6-11(2)9-14-8-7-12(13)10-14/h3-6,12H,1,7-10,13H2,2H3/b5-4-,11-6+. The SMILES string of the molecule is C=C/C=C\C=C(/C)CN1CCC(N)C1. The van der Waals surface area contributed by atoms with Crippen molar-refractivity contribution in [2.75, 3.05) is 19.6 Å². The lowest BCUT2D eigenvalue weighted by molar-refractivity contribution is 0.363. The molecule has 2 nitrogen and oxygen atoms in total. The Morgan fingerprint density at radius 1 is 1.57 bits per heavy atom. The molecule has 0 radical (unpaired) electrons. The van der Waals surface area contributed by atoms with E-state index in [1.807, 2.05) is 12.2 Å². The molecule has 1 atom stereocenters. The molecule has 0 aliphatic carbocycles. The monoisotopic (exact) mass is 192 g/mol. The summed E-state index contributed by atoms with van der Waals surface area (Å²) in [5.41, 5.74) is 7.21. The van der Waals surface area contributed by atoms with Crippen molar-refractivity contribution in [3.05, 3.63) is 36.5 Å². The first kappa shape index (κ1) is 11.2. The third-order valence-electron chi connectivity index (χ3n) is 2.41. The van der Waals surface area contributed by atoms with Crippen molar-refractivity contribution in [3.63, 3.8) is 0 Å². The highest BCUT2D eigenvalue weighted by Gasteiger charge is 2.18. The summed E-state index contributed by atoms with van der Waals surface area (Å²) in [5.74, 6) is 0. The van der Waals surface area contributed by atoms with E-state index in [0.29, 0.717) is 6.04 Å². The number of nitrogens with two attached hydrogens (primary N) is 1. The van der Waals surface area contributed by atoms with Crippen LogP contribution < -0.4 is 5.73 Å². The predicted molar refractivity (Wildman–Crippen MR) is 62.1 cm³/mol. The zero-order valence-corrected chi connectivity index (χ0v) is 8.95. The van der Waals surface area contributed by atoms with E-state index in [1.165, 1.54) is 5.57 Å². The van der Waals surface area contributed by atoms with Crippen molar-refractivity contribution >= 4 is 0 Å². The number of rotatable bonds is 4. The van der Waals surface area contributed by atoms with E-state index in [4.69, 9.17) is 5.73 Å². The molecule has 1 saturated heterocycles. The first-order chi connectivity index (χ1) is 6.72. The fourth-order valence-corrected chi connectivity index (χ4v) is 1.71. The largest absolute Gasteiger partial charge is 0.326 e. The maximum Gasteiger partial charge on any atom is 0.0193 e. The van der Waals surface area contributed by atoms with Gasteiger partial charge in [0, 0.05) is 25.7 Å². The van der Waals surface area contributed by atoms with E-state index in [-0.39, 0.29) is 0 Å². The average molecular weight is 192 g/mol. The molecule has 0 aromatic heterocycles. The van der Waals surface area contributed by atoms with E-state index < -0.39 is 0 Å². The van der Waals surface area contributed by atoms with Crippen LogP contribution in [0.3, 0.4) is 0 Å². The van der Waals surface area contributed by atoms with Crippen molar-refractivity contribution in [2.45, 2.75) is 19.4 Å². The van der Waals surface area contributed by atoms with Gasteiger partial charge in [-0.25, -0.2) is 0 Å². The predicted octanol–water partition coefficient (Wildman–Crippen LogP) is 1.71. The van der Waals surface area contributed by atoms with Crippen LogP contribution in [0.15, 0.2) is 36.5 Å². The van der Waals surface area contributed by atoms with Crippen molar-refractivity contribution in [2.24, 2.45) is 5.73 Å². The van der Waals surface area contributed by atoms with Gasteiger partial charge in [0.05, 0.1) is 0 Å². The number of nitrogens with zero attached hydrogens (tertiary/aromatic N) is 1. The molecule has 1 aliphatic heterocycles. The Kier molecular flexibility index (Phi) is 4.63. The lowest BCUT2D eigenvalue weighted by Gasteiger charge is -2.14. The maximum absolute atomic E-state index is 5.83. The van der Waals surface area contributed by atoms with E-state index in [9.17, 15) is 0 Å². The van der Waals surface area contributed by atoms with Crippen LogP contribution in [0.2, 0.25) is 0 Å². The van der Waals surface area contributed by atoms with Crippen LogP contribution in [0, 0.1) is 0 Å². The van der Waals surface area contributed by atoms with Gasteiger partial charge < -0.3 is 5.73 Å². The first-order valence-corrected chi connectivity index (χ1v) is 5.15. The molecule has 14 heavy (non-hydrogen) atoms. The lowest BCUT2D eigenvalue weighted by atomic mass is 10.2. The molecule has 0 aromatic carbocycles. The fourth-order valence-electron chi connectivity index (χ4n) is 1.71. The molecule has 1 unspecified atom stereocenters. The molecular weight excluding hydrogens is 172 g/mol. The summed E-state index contributed by atoms with van der Waals surface area (Å²) in [6, 6.07) is 0.381. The molecule has 1 rings (SSSR count). The number of hydrogen-bond donors (Lipinski definition) is 1. The summed E-state index contributed by atoms with van der Waals surface area (Å²) in [6.45, 7) is 8.99. The van der Waals surface area contributed by atoms with E-state index in [1.54, 1.807) is 6.08 Å². The molecule has 0 bridgehead atoms. The van der Waals surface area contributed by atoms with Crippen LogP contribution in [0.1, 0.15) is 13.3 Å². The van der Waals surface area contributed by atoms with E-state index >= 15 is 0 Å². The molecular formula is C12H20N2. The molecule has 2 N–H and O–H groups in total. The summed E-state index contributed by atoms with van der Waals surface area (Å²) < 4.78 is 0. The topological polar surface area (TPSA) is 29.3 Å². The molecule has 0 amide bonds. The summed E-state index contributed by atoms with van der Waals surface area (Å²) in [7, 11) is 0. The van der Waals surface area contributed by atoms with Gasteiger partial charge in [0.25, 0.3) is 0 Å². The second-order valence-electron chi connectivity index (χ2n) is 3.92. The lowest BCUT2D eigenvalue weighted by Crippen LogP contribution is -2.27. The first-order valence-electron chi connectivity index (χ1n) is 5.15. The highest BCUT2D eigenvalue weighted by molar-refractivity contribution is 5.15. The maximum atomic E-state index is 5.83. The third kappa shape index (κ3) is 3.90. The van der Waals surface area contributed by atoms with Crippen LogP contribution in [-0.4, -0.2) is 30.6 Å². The highest BCUT2D eigenvalue weighted by atomic mass is 15.2. The molecule has 2 heteroatoms. The van der Waals surface area contributed by atoms with Gasteiger partial charge in [-0.2, -0.15) is 0 Å². The second kappa shape index (κ2) is 5.78. The number of allylic oxidation sites excluding steroid dienone is 4. The van der Waals surface area contributed by atoms with Gasteiger partial charge in [0.15, 0.2) is 0 Å². The Bertz CT molecular complexity index is 241. The molecule has 1 heterocycles. The second-order valence-corrected chi connectivity index (χ2v) is 3.92. The molecule has 0 saturated carbocycles. The molecule has 0 spiro atoms. The van der Waals surface area contributed by atoms with Crippen molar-refractivity contribution in [1.82, 2.24) is 4.90 Å². The quantitative estimate of drug-likeness (QED) is 0.687. The van der Waals surface area contributed by atoms with Crippen molar-refractivity contribution in [1.29, 1.82) is 0 Å². The highest BCUT2D eigenvalue weighted by Crippen LogP contribution is 2.09. The van der Waals surface area contributed by atoms with Crippen molar-refractivity contribution < 1.29 is 0 Å². The third-order valence-corrected chi connectivity index (χ3v) is 2.41. The Labute approximate surface area is 86.8 Å². The van der Waals surface area contributed by atoms with Crippen LogP contribution >= 0.6 is 0 Å². The van der Waals surface area contributed by atoms with Crippen molar-refractivity contribution in [3.8, 4) is 0 Å². The van der Waals surface area contributed by atoms with Gasteiger partial charge in [0.1, 0.15) is 0 Å². The summed E-state index contributed by atoms with van der Waals surface area (Å²) in [4.78, 5) is 2.40. The molecule has 0 aromatic rings. The zero-order chi connectivity index (χ0) is 10.4. The van der Waals surface area contributed by atoms with Gasteiger partial charge in [0.2, 0.25) is 0 Å². The summed E-state index contributed by atoms with van der Waals surface area (Å²) >= 11 is 0. The van der Waals surface area contributed by atoms with Crippen LogP contribution in [-0.2, 0) is 0 Å². The van der Waals surface area contributed by atoms with Crippen LogP contribution in [0.25, 0.3) is 0 Å². The normalized spacial score (nSPS) is 24.7. The minimum absolute atomic E-state index is 0.381. The van der Waals surface area contributed by atoms with Gasteiger partial charge in [-0.05, 0) is 13.3 Å². The molecule has 78 valence electrons. The van der Waals surface area contributed by atoms with E-state index in [0.717, 1.165) is 26.1 Å². The van der Waals surface area contributed by atoms with E-state index in [2.05, 4.69) is 24.5 Å². The van der Waals surface area contributed by atoms with Gasteiger partial charge in [-0.3, -0.25) is 4.90 Å². The minimum Gasteiger partial charge on any atom is -0.326 e. The van der Waals surface area contributed by atoms with Crippen LogP contribution in [0.5, 0.6) is 0 Å². The zero-order valence-electron chi connectivity index (χ0n) is 8.95. The Morgan fingerprint density at radius 3 is 2.93 bits per heavy atom. The van der Waals surface area contributed by atoms with Gasteiger partial charge in [-0.1, -0.05) is 36.5 Å². The van der Waals surface area contributed by atoms with Gasteiger partial charge in [-0.15, -0.1) is 0 Å². The summed E-state index contributed by atoms with van der Waals surface area (Å²) in [6.07, 6.45) is 9.02. The average Bonchev–Trinajstić information content (AvgIpc) is 2.52. The molecule has 1 fully saturated rings. The fraction of sp³-hybridized carbons (Fsp3) is 0.500. The minimum atomic E-state index is 0.381. The number of hydrogen-bond acceptors (Lipinski definition) is 2. The Hall–Kier alpha value is -0.860. The Morgan fingerprint density at radius 2 is 2.36 bits per heavy atom. The summed E-state index contributed by atoms with van der Waals surface area (Å²) in [5, 5.41) is 0. The van der Waals surface area contributed by atoms with Crippen LogP contribution in [0.4, 0.5) is 0 Å². The smallest absolute Gasteiger partial charge is 0.0193 e. The Balaban J connectivity index is 2.32.